The Morgan fingerprint density at radius 2 is 1.82 bits per heavy atom. The third kappa shape index (κ3) is 3.50. The third-order valence-corrected chi connectivity index (χ3v) is 4.46. The van der Waals surface area contributed by atoms with Gasteiger partial charge in [0.2, 0.25) is 0 Å². The second kappa shape index (κ2) is 6.97. The molecule has 0 unspecified atom stereocenters. The lowest BCUT2D eigenvalue weighted by Gasteiger charge is -2.16. The topological polar surface area (TPSA) is 29.5 Å². The summed E-state index contributed by atoms with van der Waals surface area (Å²) in [5.41, 5.74) is 1.79. The van der Waals surface area contributed by atoms with Gasteiger partial charge in [0.05, 0.1) is 4.47 Å². The highest BCUT2D eigenvalue weighted by molar-refractivity contribution is 9.10. The standard InChI is InChI=1S/C18H18BrNO2/c19-16-9-8-15(18(21)20-10-4-5-11-20)12-17(16)22-13-14-6-2-1-3-7-14/h1-3,6-9,12H,4-5,10-11,13H2. The maximum absolute atomic E-state index is 12.4. The third-order valence-electron chi connectivity index (χ3n) is 3.81. The molecule has 3 rings (SSSR count). The summed E-state index contributed by atoms with van der Waals surface area (Å²) in [5, 5.41) is 0. The molecule has 1 fully saturated rings. The quantitative estimate of drug-likeness (QED) is 0.815. The van der Waals surface area contributed by atoms with Gasteiger partial charge >= 0.3 is 0 Å². The zero-order valence-electron chi connectivity index (χ0n) is 12.3. The van der Waals surface area contributed by atoms with Crippen LogP contribution in [0.1, 0.15) is 28.8 Å². The van der Waals surface area contributed by atoms with Crippen molar-refractivity contribution < 1.29 is 9.53 Å². The fourth-order valence-corrected chi connectivity index (χ4v) is 2.95. The predicted octanol–water partition coefficient (Wildman–Crippen LogP) is 4.26. The molecule has 1 aliphatic rings. The Morgan fingerprint density at radius 1 is 1.09 bits per heavy atom. The molecule has 0 spiro atoms. The van der Waals surface area contributed by atoms with Crippen LogP contribution in [-0.4, -0.2) is 23.9 Å². The summed E-state index contributed by atoms with van der Waals surface area (Å²) < 4.78 is 6.72. The zero-order valence-corrected chi connectivity index (χ0v) is 13.9. The lowest BCUT2D eigenvalue weighted by Crippen LogP contribution is -2.27. The van der Waals surface area contributed by atoms with Gasteiger partial charge in [0.15, 0.2) is 0 Å². The first kappa shape index (κ1) is 15.1. The number of halogens is 1. The van der Waals surface area contributed by atoms with Crippen molar-refractivity contribution in [1.29, 1.82) is 0 Å². The maximum atomic E-state index is 12.4. The monoisotopic (exact) mass is 359 g/mol. The highest BCUT2D eigenvalue weighted by Crippen LogP contribution is 2.28. The SMILES string of the molecule is O=C(c1ccc(Br)c(OCc2ccccc2)c1)N1CCCC1. The van der Waals surface area contributed by atoms with Crippen LogP contribution in [0, 0.1) is 0 Å². The molecule has 0 aromatic heterocycles. The van der Waals surface area contributed by atoms with E-state index in [1.807, 2.05) is 53.4 Å². The van der Waals surface area contributed by atoms with Crippen LogP contribution in [0.5, 0.6) is 5.75 Å². The largest absolute Gasteiger partial charge is 0.488 e. The number of ether oxygens (including phenoxy) is 1. The van der Waals surface area contributed by atoms with Crippen LogP contribution in [0.15, 0.2) is 53.0 Å². The van der Waals surface area contributed by atoms with Gasteiger partial charge in [-0.1, -0.05) is 30.3 Å². The van der Waals surface area contributed by atoms with Crippen molar-refractivity contribution >= 4 is 21.8 Å². The summed E-state index contributed by atoms with van der Waals surface area (Å²) in [4.78, 5) is 14.3. The van der Waals surface area contributed by atoms with Crippen molar-refractivity contribution in [1.82, 2.24) is 4.90 Å². The Labute approximate surface area is 139 Å². The van der Waals surface area contributed by atoms with E-state index in [1.54, 1.807) is 0 Å². The van der Waals surface area contributed by atoms with Crippen LogP contribution < -0.4 is 4.74 Å². The minimum atomic E-state index is 0.0922. The molecule has 22 heavy (non-hydrogen) atoms. The molecule has 2 aromatic carbocycles. The van der Waals surface area contributed by atoms with Gasteiger partial charge in [-0.15, -0.1) is 0 Å². The van der Waals surface area contributed by atoms with E-state index >= 15 is 0 Å². The zero-order chi connectivity index (χ0) is 15.4. The molecule has 1 amide bonds. The van der Waals surface area contributed by atoms with Gasteiger partial charge in [0.1, 0.15) is 12.4 Å². The molecule has 0 saturated carbocycles. The molecule has 1 aliphatic heterocycles. The number of carbonyl (C=O) groups is 1. The smallest absolute Gasteiger partial charge is 0.253 e. The van der Waals surface area contributed by atoms with Crippen LogP contribution in [0.2, 0.25) is 0 Å². The molecule has 0 atom stereocenters. The van der Waals surface area contributed by atoms with Crippen molar-refractivity contribution in [3.63, 3.8) is 0 Å². The Kier molecular flexibility index (Phi) is 4.78. The Hall–Kier alpha value is -1.81. The number of hydrogen-bond acceptors (Lipinski definition) is 2. The second-order valence-electron chi connectivity index (χ2n) is 5.42. The second-order valence-corrected chi connectivity index (χ2v) is 6.27. The van der Waals surface area contributed by atoms with Gasteiger partial charge < -0.3 is 9.64 Å². The molecule has 0 bridgehead atoms. The van der Waals surface area contributed by atoms with E-state index in [9.17, 15) is 4.79 Å². The van der Waals surface area contributed by atoms with Crippen LogP contribution in [0.25, 0.3) is 0 Å². The molecule has 2 aromatic rings. The first-order chi connectivity index (χ1) is 10.7. The Balaban J connectivity index is 1.73. The fraction of sp³-hybridized carbons (Fsp3) is 0.278. The molecule has 0 N–H and O–H groups in total. The minimum absolute atomic E-state index is 0.0922. The Bertz CT molecular complexity index is 651. The molecular weight excluding hydrogens is 342 g/mol. The summed E-state index contributed by atoms with van der Waals surface area (Å²) in [6.07, 6.45) is 2.19. The van der Waals surface area contributed by atoms with E-state index in [4.69, 9.17) is 4.74 Å². The van der Waals surface area contributed by atoms with Crippen molar-refractivity contribution in [2.75, 3.05) is 13.1 Å². The molecule has 0 aliphatic carbocycles. The number of nitrogens with zero attached hydrogens (tertiary/aromatic N) is 1. The maximum Gasteiger partial charge on any atom is 0.253 e. The number of likely N-dealkylation sites (tertiary alicyclic amines) is 1. The Morgan fingerprint density at radius 3 is 2.55 bits per heavy atom. The summed E-state index contributed by atoms with van der Waals surface area (Å²) in [5.74, 6) is 0.795. The molecule has 114 valence electrons. The normalized spacial score (nSPS) is 14.1. The van der Waals surface area contributed by atoms with Gasteiger partial charge in [0, 0.05) is 18.7 Å². The average molecular weight is 360 g/mol. The van der Waals surface area contributed by atoms with Crippen molar-refractivity contribution in [3.8, 4) is 5.75 Å². The number of carbonyl (C=O) groups excluding carboxylic acids is 1. The average Bonchev–Trinajstić information content (AvgIpc) is 3.09. The van der Waals surface area contributed by atoms with E-state index < -0.39 is 0 Å². The number of hydrogen-bond donors (Lipinski definition) is 0. The van der Waals surface area contributed by atoms with Gasteiger partial charge in [0.25, 0.3) is 5.91 Å². The van der Waals surface area contributed by atoms with Crippen molar-refractivity contribution in [2.45, 2.75) is 19.4 Å². The van der Waals surface area contributed by atoms with Gasteiger partial charge in [-0.25, -0.2) is 0 Å². The van der Waals surface area contributed by atoms with Gasteiger partial charge in [-0.05, 0) is 52.5 Å². The van der Waals surface area contributed by atoms with Crippen LogP contribution in [0.3, 0.4) is 0 Å². The van der Waals surface area contributed by atoms with Crippen LogP contribution >= 0.6 is 15.9 Å². The molecule has 0 radical (unpaired) electrons. The van der Waals surface area contributed by atoms with Gasteiger partial charge in [-0.2, -0.15) is 0 Å². The molecule has 4 heteroatoms. The van der Waals surface area contributed by atoms with Gasteiger partial charge in [-0.3, -0.25) is 4.79 Å². The van der Waals surface area contributed by atoms with Crippen molar-refractivity contribution in [2.24, 2.45) is 0 Å². The number of amides is 1. The lowest BCUT2D eigenvalue weighted by atomic mass is 10.2. The molecule has 1 saturated heterocycles. The summed E-state index contributed by atoms with van der Waals surface area (Å²) in [7, 11) is 0. The van der Waals surface area contributed by atoms with Crippen molar-refractivity contribution in [3.05, 3.63) is 64.1 Å². The summed E-state index contributed by atoms with van der Waals surface area (Å²) >= 11 is 3.49. The van der Waals surface area contributed by atoms with E-state index in [0.29, 0.717) is 17.9 Å². The number of benzene rings is 2. The van der Waals surface area contributed by atoms with E-state index in [2.05, 4.69) is 15.9 Å². The molecule has 3 nitrogen and oxygen atoms in total. The van der Waals surface area contributed by atoms with E-state index in [0.717, 1.165) is 36.0 Å². The van der Waals surface area contributed by atoms with Crippen LogP contribution in [-0.2, 0) is 6.61 Å². The van der Waals surface area contributed by atoms with E-state index in [-0.39, 0.29) is 5.91 Å². The van der Waals surface area contributed by atoms with E-state index in [1.165, 1.54) is 0 Å². The highest BCUT2D eigenvalue weighted by Gasteiger charge is 2.20. The summed E-state index contributed by atoms with van der Waals surface area (Å²) in [6, 6.07) is 15.6. The first-order valence-electron chi connectivity index (χ1n) is 7.49. The highest BCUT2D eigenvalue weighted by atomic mass is 79.9. The first-order valence-corrected chi connectivity index (χ1v) is 8.29. The lowest BCUT2D eigenvalue weighted by molar-refractivity contribution is 0.0792. The number of rotatable bonds is 4. The molecular formula is C18H18BrNO2. The van der Waals surface area contributed by atoms with Crippen LogP contribution in [0.4, 0.5) is 0 Å². The molecule has 1 heterocycles. The summed E-state index contributed by atoms with van der Waals surface area (Å²) in [6.45, 7) is 2.20. The fourth-order valence-electron chi connectivity index (χ4n) is 2.59. The minimum Gasteiger partial charge on any atom is -0.488 e. The predicted molar refractivity (Wildman–Crippen MR) is 90.1 cm³/mol.